The van der Waals surface area contributed by atoms with E-state index < -0.39 is 11.7 Å². The fourth-order valence-electron chi connectivity index (χ4n) is 5.60. The van der Waals surface area contributed by atoms with Crippen LogP contribution in [0.5, 0.6) is 0 Å². The number of para-hydroxylation sites is 1. The van der Waals surface area contributed by atoms with E-state index in [-0.39, 0.29) is 30.0 Å². The lowest BCUT2D eigenvalue weighted by Gasteiger charge is -2.43. The molecule has 0 saturated carbocycles. The SMILES string of the molecule is C=C(C)Cn1cc2c(n1)N(Cc1ccccc1C(F)(F)F)C(=O)N(C1CCN(c3c(C)cccc3F)CC1)C2. The van der Waals surface area contributed by atoms with Gasteiger partial charge < -0.3 is 9.80 Å². The van der Waals surface area contributed by atoms with Crippen LogP contribution < -0.4 is 9.80 Å². The number of halogens is 4. The molecule has 1 fully saturated rings. The van der Waals surface area contributed by atoms with Gasteiger partial charge in [0.1, 0.15) is 5.82 Å². The van der Waals surface area contributed by atoms with E-state index in [9.17, 15) is 22.4 Å². The number of hydrogen-bond donors (Lipinski definition) is 0. The van der Waals surface area contributed by atoms with Gasteiger partial charge in [-0.05, 0) is 49.9 Å². The molecular weight excluding hydrogens is 510 g/mol. The summed E-state index contributed by atoms with van der Waals surface area (Å²) in [5.74, 6) is 0.0977. The van der Waals surface area contributed by atoms with Crippen LogP contribution in [0.15, 0.2) is 60.8 Å². The first-order valence-electron chi connectivity index (χ1n) is 13.0. The Labute approximate surface area is 225 Å². The van der Waals surface area contributed by atoms with Crippen molar-refractivity contribution in [3.05, 3.63) is 88.9 Å². The highest BCUT2D eigenvalue weighted by molar-refractivity contribution is 5.94. The van der Waals surface area contributed by atoms with Crippen molar-refractivity contribution in [2.24, 2.45) is 0 Å². The van der Waals surface area contributed by atoms with Gasteiger partial charge in [-0.15, -0.1) is 0 Å². The van der Waals surface area contributed by atoms with Crippen LogP contribution in [0.3, 0.4) is 0 Å². The zero-order valence-electron chi connectivity index (χ0n) is 22.0. The summed E-state index contributed by atoms with van der Waals surface area (Å²) in [6, 6.07) is 9.80. The maximum absolute atomic E-state index is 14.6. The molecule has 0 N–H and O–H groups in total. The first-order chi connectivity index (χ1) is 18.5. The number of alkyl halides is 3. The average molecular weight is 542 g/mol. The van der Waals surface area contributed by atoms with Gasteiger partial charge in [-0.25, -0.2) is 9.18 Å². The largest absolute Gasteiger partial charge is 0.416 e. The summed E-state index contributed by atoms with van der Waals surface area (Å²) >= 11 is 0. The Bertz CT molecular complexity index is 1370. The normalized spacial score (nSPS) is 16.6. The van der Waals surface area contributed by atoms with Crippen molar-refractivity contribution < 1.29 is 22.4 Å². The molecule has 0 radical (unpaired) electrons. The zero-order chi connectivity index (χ0) is 27.9. The molecule has 2 aromatic carbocycles. The number of hydrogen-bond acceptors (Lipinski definition) is 3. The fourth-order valence-corrected chi connectivity index (χ4v) is 5.60. The maximum atomic E-state index is 14.6. The minimum atomic E-state index is -4.55. The van der Waals surface area contributed by atoms with Gasteiger partial charge in [0.05, 0.1) is 30.9 Å². The number of carbonyl (C=O) groups is 1. The van der Waals surface area contributed by atoms with Crippen molar-refractivity contribution in [2.75, 3.05) is 22.9 Å². The Kier molecular flexibility index (Phi) is 7.13. The van der Waals surface area contributed by atoms with Crippen LogP contribution in [0, 0.1) is 12.7 Å². The summed E-state index contributed by atoms with van der Waals surface area (Å²) < 4.78 is 57.6. The Morgan fingerprint density at radius 1 is 1.10 bits per heavy atom. The van der Waals surface area contributed by atoms with E-state index in [2.05, 4.69) is 11.7 Å². The third-order valence-electron chi connectivity index (χ3n) is 7.38. The van der Waals surface area contributed by atoms with E-state index in [1.54, 1.807) is 15.6 Å². The summed E-state index contributed by atoms with van der Waals surface area (Å²) in [6.45, 7) is 9.28. The van der Waals surface area contributed by atoms with E-state index >= 15 is 0 Å². The molecule has 5 rings (SSSR count). The minimum absolute atomic E-state index is 0.00504. The first kappa shape index (κ1) is 26.8. The summed E-state index contributed by atoms with van der Waals surface area (Å²) in [5, 5.41) is 4.56. The molecule has 206 valence electrons. The van der Waals surface area contributed by atoms with Crippen LogP contribution in [0.25, 0.3) is 0 Å². The lowest BCUT2D eigenvalue weighted by Crippen LogP contribution is -2.54. The summed E-state index contributed by atoms with van der Waals surface area (Å²) in [6.07, 6.45) is -1.48. The summed E-state index contributed by atoms with van der Waals surface area (Å²) in [7, 11) is 0. The topological polar surface area (TPSA) is 44.6 Å². The number of benzene rings is 2. The average Bonchev–Trinajstić information content (AvgIpc) is 3.27. The van der Waals surface area contributed by atoms with Crippen LogP contribution >= 0.6 is 0 Å². The summed E-state index contributed by atoms with van der Waals surface area (Å²) in [5.41, 5.74) is 2.30. The number of urea groups is 1. The summed E-state index contributed by atoms with van der Waals surface area (Å²) in [4.78, 5) is 19.0. The van der Waals surface area contributed by atoms with Gasteiger partial charge in [0.15, 0.2) is 5.82 Å². The number of nitrogens with zero attached hydrogens (tertiary/aromatic N) is 5. The lowest BCUT2D eigenvalue weighted by atomic mass is 10.00. The maximum Gasteiger partial charge on any atom is 0.416 e. The van der Waals surface area contributed by atoms with Crippen molar-refractivity contribution in [1.82, 2.24) is 14.7 Å². The molecule has 0 atom stereocenters. The van der Waals surface area contributed by atoms with Gasteiger partial charge in [0, 0.05) is 30.9 Å². The molecule has 6 nitrogen and oxygen atoms in total. The molecule has 1 aromatic heterocycles. The molecule has 10 heteroatoms. The van der Waals surface area contributed by atoms with Crippen LogP contribution in [0.4, 0.5) is 33.9 Å². The van der Waals surface area contributed by atoms with Gasteiger partial charge in [-0.1, -0.05) is 42.5 Å². The predicted octanol–water partition coefficient (Wildman–Crippen LogP) is 6.54. The molecule has 2 amide bonds. The van der Waals surface area contributed by atoms with Crippen molar-refractivity contribution in [3.8, 4) is 0 Å². The molecule has 2 aliphatic rings. The van der Waals surface area contributed by atoms with E-state index in [1.165, 1.54) is 29.2 Å². The number of fused-ring (bicyclic) bond motifs is 1. The Morgan fingerprint density at radius 3 is 2.49 bits per heavy atom. The van der Waals surface area contributed by atoms with Crippen molar-refractivity contribution >= 4 is 17.5 Å². The molecule has 0 bridgehead atoms. The monoisotopic (exact) mass is 541 g/mol. The van der Waals surface area contributed by atoms with E-state index in [4.69, 9.17) is 0 Å². The standard InChI is InChI=1S/C29H31F4N5O/c1-19(2)15-36-16-22-18-37(23-11-13-35(14-12-23)26-20(3)7-6-10-25(26)30)28(39)38(27(22)34-36)17-21-8-4-5-9-24(21)29(31,32)33/h4-10,16,23H,1,11-15,17-18H2,2-3H3. The number of carbonyl (C=O) groups excluding carboxylic acids is 1. The fraction of sp³-hybridized carbons (Fsp3) is 0.379. The number of aryl methyl sites for hydroxylation is 1. The smallest absolute Gasteiger partial charge is 0.369 e. The highest BCUT2D eigenvalue weighted by Gasteiger charge is 2.40. The van der Waals surface area contributed by atoms with Gasteiger partial charge in [0.2, 0.25) is 0 Å². The second-order valence-electron chi connectivity index (χ2n) is 10.4. The van der Waals surface area contributed by atoms with Gasteiger partial charge in [-0.2, -0.15) is 18.3 Å². The third kappa shape index (κ3) is 5.37. The predicted molar refractivity (Wildman–Crippen MR) is 142 cm³/mol. The lowest BCUT2D eigenvalue weighted by molar-refractivity contribution is -0.138. The molecule has 0 spiro atoms. The number of anilines is 2. The Morgan fingerprint density at radius 2 is 1.82 bits per heavy atom. The van der Waals surface area contributed by atoms with Crippen LogP contribution in [-0.4, -0.2) is 39.8 Å². The minimum Gasteiger partial charge on any atom is -0.369 e. The number of piperidine rings is 1. The Balaban J connectivity index is 1.43. The third-order valence-corrected chi connectivity index (χ3v) is 7.38. The molecule has 1 saturated heterocycles. The quantitative estimate of drug-likeness (QED) is 0.263. The Hall–Kier alpha value is -3.82. The molecule has 39 heavy (non-hydrogen) atoms. The molecule has 0 aliphatic carbocycles. The number of allylic oxidation sites excluding steroid dienone is 1. The van der Waals surface area contributed by atoms with Crippen molar-refractivity contribution in [2.45, 2.75) is 58.5 Å². The van der Waals surface area contributed by atoms with Gasteiger partial charge in [-0.3, -0.25) is 9.58 Å². The molecule has 3 heterocycles. The van der Waals surface area contributed by atoms with Crippen molar-refractivity contribution in [1.29, 1.82) is 0 Å². The first-order valence-corrected chi connectivity index (χ1v) is 13.0. The number of aromatic nitrogens is 2. The highest BCUT2D eigenvalue weighted by Crippen LogP contribution is 2.37. The highest BCUT2D eigenvalue weighted by atomic mass is 19.4. The molecule has 2 aliphatic heterocycles. The zero-order valence-corrected chi connectivity index (χ0v) is 22.0. The van der Waals surface area contributed by atoms with E-state index in [0.717, 1.165) is 22.8 Å². The van der Waals surface area contributed by atoms with Crippen LogP contribution in [-0.2, 0) is 25.8 Å². The number of amides is 2. The second kappa shape index (κ2) is 10.4. The van der Waals surface area contributed by atoms with E-state index in [0.29, 0.717) is 50.5 Å². The molecular formula is C29H31F4N5O. The van der Waals surface area contributed by atoms with Crippen LogP contribution in [0.2, 0.25) is 0 Å². The van der Waals surface area contributed by atoms with E-state index in [1.807, 2.05) is 31.0 Å². The molecule has 0 unspecified atom stereocenters. The second-order valence-corrected chi connectivity index (χ2v) is 10.4. The van der Waals surface area contributed by atoms with Gasteiger partial charge in [0.25, 0.3) is 0 Å². The van der Waals surface area contributed by atoms with Gasteiger partial charge >= 0.3 is 12.2 Å². The van der Waals surface area contributed by atoms with Crippen molar-refractivity contribution in [3.63, 3.8) is 0 Å². The molecule has 3 aromatic rings. The van der Waals surface area contributed by atoms with Crippen LogP contribution in [0.1, 0.15) is 42.0 Å². The number of rotatable bonds is 6.